The van der Waals surface area contributed by atoms with Gasteiger partial charge in [-0.15, -0.1) is 12.4 Å². The number of nitrogens with zero attached hydrogens (tertiary/aromatic N) is 1. The standard InChI is InChI=1S/C10H23NO.ClH/c1-4-6-8-11(10(3)12)9-7-5-2;/h10,12H,4-9H2,1-3H3;1H. The molecule has 0 aliphatic heterocycles. The van der Waals surface area contributed by atoms with Crippen molar-refractivity contribution in [1.29, 1.82) is 0 Å². The first kappa shape index (κ1) is 15.7. The fourth-order valence-electron chi connectivity index (χ4n) is 1.21. The van der Waals surface area contributed by atoms with E-state index in [1.807, 2.05) is 6.92 Å². The van der Waals surface area contributed by atoms with Crippen molar-refractivity contribution < 1.29 is 5.11 Å². The molecule has 0 spiro atoms. The quantitative estimate of drug-likeness (QED) is 0.652. The first-order valence-corrected chi connectivity index (χ1v) is 5.14. The van der Waals surface area contributed by atoms with Gasteiger partial charge >= 0.3 is 0 Å². The van der Waals surface area contributed by atoms with Gasteiger partial charge < -0.3 is 5.11 Å². The van der Waals surface area contributed by atoms with E-state index < -0.39 is 0 Å². The van der Waals surface area contributed by atoms with E-state index in [0.29, 0.717) is 0 Å². The number of rotatable bonds is 7. The highest BCUT2D eigenvalue weighted by molar-refractivity contribution is 5.85. The number of aliphatic hydroxyl groups is 1. The van der Waals surface area contributed by atoms with Crippen LogP contribution in [0.3, 0.4) is 0 Å². The molecule has 0 fully saturated rings. The van der Waals surface area contributed by atoms with Gasteiger partial charge in [0, 0.05) is 13.1 Å². The second kappa shape index (κ2) is 10.3. The summed E-state index contributed by atoms with van der Waals surface area (Å²) in [5, 5.41) is 9.39. The van der Waals surface area contributed by atoms with E-state index in [4.69, 9.17) is 0 Å². The molecular weight excluding hydrogens is 186 g/mol. The SMILES string of the molecule is CCCCN(CCCC)C(C)O.Cl. The summed E-state index contributed by atoms with van der Waals surface area (Å²) >= 11 is 0. The largest absolute Gasteiger partial charge is 0.379 e. The van der Waals surface area contributed by atoms with Crippen LogP contribution in [-0.2, 0) is 0 Å². The molecule has 0 radical (unpaired) electrons. The summed E-state index contributed by atoms with van der Waals surface area (Å²) in [6.45, 7) is 8.29. The summed E-state index contributed by atoms with van der Waals surface area (Å²) in [4.78, 5) is 2.15. The lowest BCUT2D eigenvalue weighted by Crippen LogP contribution is -2.34. The van der Waals surface area contributed by atoms with Crippen LogP contribution in [0.25, 0.3) is 0 Å². The number of hydrogen-bond acceptors (Lipinski definition) is 2. The fourth-order valence-corrected chi connectivity index (χ4v) is 1.21. The van der Waals surface area contributed by atoms with Gasteiger partial charge in [0.2, 0.25) is 0 Å². The monoisotopic (exact) mass is 209 g/mol. The van der Waals surface area contributed by atoms with Crippen molar-refractivity contribution in [2.45, 2.75) is 52.7 Å². The number of hydrogen-bond donors (Lipinski definition) is 1. The Hall–Kier alpha value is 0.210. The minimum Gasteiger partial charge on any atom is -0.379 e. The maximum absolute atomic E-state index is 9.39. The van der Waals surface area contributed by atoms with Crippen molar-refractivity contribution in [1.82, 2.24) is 4.90 Å². The van der Waals surface area contributed by atoms with Gasteiger partial charge in [0.25, 0.3) is 0 Å². The highest BCUT2D eigenvalue weighted by Gasteiger charge is 2.08. The third kappa shape index (κ3) is 8.54. The normalized spacial score (nSPS) is 12.7. The van der Waals surface area contributed by atoms with Crippen LogP contribution in [0.15, 0.2) is 0 Å². The average molecular weight is 210 g/mol. The molecule has 13 heavy (non-hydrogen) atoms. The number of aliphatic hydroxyl groups excluding tert-OH is 1. The van der Waals surface area contributed by atoms with Crippen LogP contribution in [0.4, 0.5) is 0 Å². The van der Waals surface area contributed by atoms with E-state index in [9.17, 15) is 5.11 Å². The highest BCUT2D eigenvalue weighted by Crippen LogP contribution is 2.02. The molecule has 0 aromatic carbocycles. The molecule has 0 aromatic heterocycles. The Labute approximate surface area is 88.7 Å². The van der Waals surface area contributed by atoms with Crippen LogP contribution in [0.2, 0.25) is 0 Å². The summed E-state index contributed by atoms with van der Waals surface area (Å²) < 4.78 is 0. The Balaban J connectivity index is 0. The molecule has 2 nitrogen and oxygen atoms in total. The highest BCUT2D eigenvalue weighted by atomic mass is 35.5. The molecule has 0 aliphatic rings. The Morgan fingerprint density at radius 2 is 1.46 bits per heavy atom. The molecule has 0 aromatic rings. The van der Waals surface area contributed by atoms with Crippen LogP contribution in [0.1, 0.15) is 46.5 Å². The summed E-state index contributed by atoms with van der Waals surface area (Å²) in [6, 6.07) is 0. The Bertz CT molecular complexity index is 90.9. The molecule has 1 atom stereocenters. The van der Waals surface area contributed by atoms with Crippen molar-refractivity contribution in [3.8, 4) is 0 Å². The van der Waals surface area contributed by atoms with Crippen LogP contribution >= 0.6 is 12.4 Å². The molecule has 1 unspecified atom stereocenters. The molecule has 82 valence electrons. The molecule has 1 N–H and O–H groups in total. The predicted octanol–water partition coefficient (Wildman–Crippen LogP) is 2.65. The minimum atomic E-state index is -0.275. The van der Waals surface area contributed by atoms with E-state index in [1.54, 1.807) is 0 Å². The first-order valence-electron chi connectivity index (χ1n) is 5.14. The first-order chi connectivity index (χ1) is 5.72. The predicted molar refractivity (Wildman–Crippen MR) is 60.3 cm³/mol. The second-order valence-corrected chi connectivity index (χ2v) is 3.37. The van der Waals surface area contributed by atoms with E-state index in [1.165, 1.54) is 25.7 Å². The third-order valence-electron chi connectivity index (χ3n) is 2.13. The van der Waals surface area contributed by atoms with E-state index in [0.717, 1.165) is 13.1 Å². The Kier molecular flexibility index (Phi) is 12.4. The van der Waals surface area contributed by atoms with Crippen molar-refractivity contribution in [2.24, 2.45) is 0 Å². The number of unbranched alkanes of at least 4 members (excludes halogenated alkanes) is 2. The fraction of sp³-hybridized carbons (Fsp3) is 1.00. The van der Waals surface area contributed by atoms with E-state index in [-0.39, 0.29) is 18.6 Å². The van der Waals surface area contributed by atoms with Crippen LogP contribution in [0, 0.1) is 0 Å². The summed E-state index contributed by atoms with van der Waals surface area (Å²) in [5.41, 5.74) is 0. The van der Waals surface area contributed by atoms with Gasteiger partial charge in [0.1, 0.15) is 6.23 Å². The zero-order valence-corrected chi connectivity index (χ0v) is 9.94. The molecular formula is C10H24ClNO. The molecule has 0 aliphatic carbocycles. The maximum atomic E-state index is 9.39. The minimum absolute atomic E-state index is 0. The van der Waals surface area contributed by atoms with Crippen molar-refractivity contribution in [2.75, 3.05) is 13.1 Å². The van der Waals surface area contributed by atoms with Gasteiger partial charge in [-0.25, -0.2) is 0 Å². The Morgan fingerprint density at radius 3 is 1.69 bits per heavy atom. The van der Waals surface area contributed by atoms with Gasteiger partial charge in [0.15, 0.2) is 0 Å². The van der Waals surface area contributed by atoms with Gasteiger partial charge in [0.05, 0.1) is 0 Å². The molecule has 0 heterocycles. The average Bonchev–Trinajstić information content (AvgIpc) is 2.04. The number of halogens is 1. The topological polar surface area (TPSA) is 23.5 Å². The zero-order valence-electron chi connectivity index (χ0n) is 9.12. The van der Waals surface area contributed by atoms with Gasteiger partial charge in [-0.3, -0.25) is 4.90 Å². The summed E-state index contributed by atoms with van der Waals surface area (Å²) in [6.07, 6.45) is 4.51. The van der Waals surface area contributed by atoms with E-state index >= 15 is 0 Å². The van der Waals surface area contributed by atoms with Gasteiger partial charge in [-0.05, 0) is 19.8 Å². The second-order valence-electron chi connectivity index (χ2n) is 3.37. The lowest BCUT2D eigenvalue weighted by Gasteiger charge is -2.24. The smallest absolute Gasteiger partial charge is 0.104 e. The molecule has 0 bridgehead atoms. The van der Waals surface area contributed by atoms with Crippen LogP contribution in [0.5, 0.6) is 0 Å². The van der Waals surface area contributed by atoms with E-state index in [2.05, 4.69) is 18.7 Å². The zero-order chi connectivity index (χ0) is 9.40. The van der Waals surface area contributed by atoms with Crippen molar-refractivity contribution >= 4 is 12.4 Å². The molecule has 0 saturated heterocycles. The maximum Gasteiger partial charge on any atom is 0.104 e. The van der Waals surface area contributed by atoms with Crippen LogP contribution in [-0.4, -0.2) is 29.3 Å². The Morgan fingerprint density at radius 1 is 1.08 bits per heavy atom. The van der Waals surface area contributed by atoms with Crippen molar-refractivity contribution in [3.05, 3.63) is 0 Å². The third-order valence-corrected chi connectivity index (χ3v) is 2.13. The summed E-state index contributed by atoms with van der Waals surface area (Å²) in [7, 11) is 0. The van der Waals surface area contributed by atoms with Crippen molar-refractivity contribution in [3.63, 3.8) is 0 Å². The molecule has 0 rings (SSSR count). The molecule has 0 amide bonds. The van der Waals surface area contributed by atoms with Crippen LogP contribution < -0.4 is 0 Å². The summed E-state index contributed by atoms with van der Waals surface area (Å²) in [5.74, 6) is 0. The van der Waals surface area contributed by atoms with Gasteiger partial charge in [-0.1, -0.05) is 26.7 Å². The molecule has 0 saturated carbocycles. The lowest BCUT2D eigenvalue weighted by molar-refractivity contribution is 0.0169. The van der Waals surface area contributed by atoms with Gasteiger partial charge in [-0.2, -0.15) is 0 Å². The molecule has 3 heteroatoms. The lowest BCUT2D eigenvalue weighted by atomic mass is 10.2.